The minimum atomic E-state index is 0.184. The highest BCUT2D eigenvalue weighted by Crippen LogP contribution is 2.25. The van der Waals surface area contributed by atoms with Crippen molar-refractivity contribution in [3.05, 3.63) is 65.7 Å². The molecule has 0 atom stereocenters. The van der Waals surface area contributed by atoms with Crippen LogP contribution in [0.15, 0.2) is 52.9 Å². The van der Waals surface area contributed by atoms with Gasteiger partial charge in [-0.3, -0.25) is 0 Å². The fourth-order valence-electron chi connectivity index (χ4n) is 2.47. The van der Waals surface area contributed by atoms with E-state index in [0.717, 1.165) is 22.7 Å². The summed E-state index contributed by atoms with van der Waals surface area (Å²) in [5, 5.41) is 12.4. The third kappa shape index (κ3) is 4.47. The molecule has 0 aliphatic rings. The largest absolute Gasteiger partial charge is 0.496 e. The minimum Gasteiger partial charge on any atom is -0.496 e. The van der Waals surface area contributed by atoms with Crippen molar-refractivity contribution in [2.24, 2.45) is 0 Å². The highest BCUT2D eigenvalue weighted by atomic mass is 16.5. The van der Waals surface area contributed by atoms with E-state index in [1.807, 2.05) is 67.6 Å². The van der Waals surface area contributed by atoms with Crippen LogP contribution in [0.2, 0.25) is 0 Å². The lowest BCUT2D eigenvalue weighted by molar-refractivity contribution is 0.340. The molecule has 2 aromatic carbocycles. The molecule has 0 unspecified atom stereocenters. The van der Waals surface area contributed by atoms with Gasteiger partial charge >= 0.3 is 0 Å². The molecule has 0 aliphatic carbocycles. The first-order valence-electron chi connectivity index (χ1n) is 8.45. The summed E-state index contributed by atoms with van der Waals surface area (Å²) < 4.78 is 16.4. The fourth-order valence-corrected chi connectivity index (χ4v) is 2.47. The lowest BCUT2D eigenvalue weighted by atomic mass is 10.2. The lowest BCUT2D eigenvalue weighted by Gasteiger charge is -2.05. The molecule has 6 heteroatoms. The lowest BCUT2D eigenvalue weighted by Crippen LogP contribution is -1.93. The van der Waals surface area contributed by atoms with E-state index in [-0.39, 0.29) is 5.69 Å². The number of nitrogens with zero attached hydrogens (tertiary/aromatic N) is 2. The molecule has 6 nitrogen and oxygen atoms in total. The predicted molar refractivity (Wildman–Crippen MR) is 104 cm³/mol. The third-order valence-corrected chi connectivity index (χ3v) is 3.72. The van der Waals surface area contributed by atoms with E-state index in [4.69, 9.17) is 13.9 Å². The van der Waals surface area contributed by atoms with Crippen molar-refractivity contribution in [3.8, 4) is 17.6 Å². The molecule has 0 bridgehead atoms. The van der Waals surface area contributed by atoms with Crippen molar-refractivity contribution in [1.82, 2.24) is 4.98 Å². The summed E-state index contributed by atoms with van der Waals surface area (Å²) in [4.78, 5) is 4.20. The second-order valence-electron chi connectivity index (χ2n) is 5.50. The van der Waals surface area contributed by atoms with Gasteiger partial charge in [-0.2, -0.15) is 10.2 Å². The highest BCUT2D eigenvalue weighted by molar-refractivity contribution is 5.71. The van der Waals surface area contributed by atoms with Gasteiger partial charge in [0.1, 0.15) is 17.6 Å². The Morgan fingerprint density at radius 1 is 1.15 bits per heavy atom. The Kier molecular flexibility index (Phi) is 5.75. The van der Waals surface area contributed by atoms with Crippen molar-refractivity contribution in [2.75, 3.05) is 19.0 Å². The van der Waals surface area contributed by atoms with Gasteiger partial charge in [0.2, 0.25) is 17.5 Å². The molecule has 0 saturated heterocycles. The van der Waals surface area contributed by atoms with Crippen molar-refractivity contribution in [2.45, 2.75) is 6.92 Å². The molecule has 0 radical (unpaired) electrons. The Balaban J connectivity index is 1.79. The van der Waals surface area contributed by atoms with E-state index in [1.165, 1.54) is 0 Å². The van der Waals surface area contributed by atoms with Crippen LogP contribution in [0, 0.1) is 11.3 Å². The molecule has 136 valence electrons. The van der Waals surface area contributed by atoms with Crippen molar-refractivity contribution >= 4 is 23.7 Å². The molecule has 0 amide bonds. The van der Waals surface area contributed by atoms with E-state index < -0.39 is 0 Å². The van der Waals surface area contributed by atoms with E-state index >= 15 is 0 Å². The summed E-state index contributed by atoms with van der Waals surface area (Å²) in [5.74, 6) is 2.14. The van der Waals surface area contributed by atoms with Gasteiger partial charge in [0, 0.05) is 17.3 Å². The number of ether oxygens (including phenoxy) is 2. The molecule has 0 aliphatic heterocycles. The zero-order chi connectivity index (χ0) is 19.1. The van der Waals surface area contributed by atoms with Crippen LogP contribution in [-0.2, 0) is 0 Å². The van der Waals surface area contributed by atoms with Crippen molar-refractivity contribution < 1.29 is 13.9 Å². The van der Waals surface area contributed by atoms with Crippen LogP contribution in [0.1, 0.15) is 24.1 Å². The normalized spacial score (nSPS) is 10.6. The van der Waals surface area contributed by atoms with Crippen LogP contribution in [0.25, 0.3) is 12.2 Å². The Morgan fingerprint density at radius 3 is 2.63 bits per heavy atom. The standard InChI is InChI=1S/C21H19N3O3/c1-3-26-17-11-9-16(10-12-17)23-21-18(14-22)24-20(27-21)13-8-15-6-4-5-7-19(15)25-2/h4-13,23H,3H2,1-2H3/b13-8+. The zero-order valence-electron chi connectivity index (χ0n) is 15.1. The van der Waals surface area contributed by atoms with Crippen LogP contribution in [0.5, 0.6) is 11.5 Å². The zero-order valence-corrected chi connectivity index (χ0v) is 15.1. The molecule has 1 aromatic heterocycles. The number of benzene rings is 2. The molecule has 27 heavy (non-hydrogen) atoms. The summed E-state index contributed by atoms with van der Waals surface area (Å²) in [6, 6.07) is 17.0. The number of hydrogen-bond donors (Lipinski definition) is 1. The van der Waals surface area contributed by atoms with Crippen molar-refractivity contribution in [3.63, 3.8) is 0 Å². The molecule has 0 spiro atoms. The maximum Gasteiger partial charge on any atom is 0.236 e. The number of anilines is 2. The van der Waals surface area contributed by atoms with Gasteiger partial charge in [0.05, 0.1) is 13.7 Å². The Labute approximate surface area is 157 Å². The van der Waals surface area contributed by atoms with Crippen molar-refractivity contribution in [1.29, 1.82) is 5.26 Å². The molecule has 3 rings (SSSR count). The monoisotopic (exact) mass is 361 g/mol. The quantitative estimate of drug-likeness (QED) is 0.647. The van der Waals surface area contributed by atoms with Crippen LogP contribution < -0.4 is 14.8 Å². The topological polar surface area (TPSA) is 80.3 Å². The van der Waals surface area contributed by atoms with E-state index in [1.54, 1.807) is 13.2 Å². The maximum absolute atomic E-state index is 9.31. The molecular formula is C21H19N3O3. The van der Waals surface area contributed by atoms with Gasteiger partial charge in [-0.05, 0) is 43.3 Å². The second kappa shape index (κ2) is 8.59. The summed E-state index contributed by atoms with van der Waals surface area (Å²) in [7, 11) is 1.62. The predicted octanol–water partition coefficient (Wildman–Crippen LogP) is 4.87. The Morgan fingerprint density at radius 2 is 1.93 bits per heavy atom. The number of nitrogens with one attached hydrogen (secondary N) is 1. The van der Waals surface area contributed by atoms with Crippen LogP contribution in [-0.4, -0.2) is 18.7 Å². The second-order valence-corrected chi connectivity index (χ2v) is 5.50. The van der Waals surface area contributed by atoms with E-state index in [9.17, 15) is 5.26 Å². The average molecular weight is 361 g/mol. The number of hydrogen-bond acceptors (Lipinski definition) is 6. The van der Waals surface area contributed by atoms with Gasteiger partial charge < -0.3 is 19.2 Å². The molecule has 1 heterocycles. The number of nitriles is 1. The molecule has 1 N–H and O–H groups in total. The van der Waals surface area contributed by atoms with Gasteiger partial charge in [-0.1, -0.05) is 18.2 Å². The first-order valence-corrected chi connectivity index (χ1v) is 8.45. The van der Waals surface area contributed by atoms with Gasteiger partial charge in [-0.25, -0.2) is 0 Å². The minimum absolute atomic E-state index is 0.184. The Bertz CT molecular complexity index is 969. The molecule has 0 saturated carbocycles. The maximum atomic E-state index is 9.31. The smallest absolute Gasteiger partial charge is 0.236 e. The van der Waals surface area contributed by atoms with Gasteiger partial charge in [0.25, 0.3) is 0 Å². The van der Waals surface area contributed by atoms with Gasteiger partial charge in [0.15, 0.2) is 0 Å². The van der Waals surface area contributed by atoms with Crippen LogP contribution in [0.3, 0.4) is 0 Å². The number of oxazole rings is 1. The van der Waals surface area contributed by atoms with Crippen LogP contribution in [0.4, 0.5) is 11.6 Å². The first kappa shape index (κ1) is 18.1. The number of rotatable bonds is 7. The van der Waals surface area contributed by atoms with E-state index in [0.29, 0.717) is 18.4 Å². The van der Waals surface area contributed by atoms with E-state index in [2.05, 4.69) is 10.3 Å². The van der Waals surface area contributed by atoms with Crippen LogP contribution >= 0.6 is 0 Å². The first-order chi connectivity index (χ1) is 13.2. The summed E-state index contributed by atoms with van der Waals surface area (Å²) in [6.07, 6.45) is 3.52. The molecular weight excluding hydrogens is 342 g/mol. The number of para-hydroxylation sites is 1. The summed E-state index contributed by atoms with van der Waals surface area (Å²) >= 11 is 0. The average Bonchev–Trinajstić information content (AvgIpc) is 3.10. The third-order valence-electron chi connectivity index (χ3n) is 3.72. The summed E-state index contributed by atoms with van der Waals surface area (Å²) in [6.45, 7) is 2.54. The summed E-state index contributed by atoms with van der Waals surface area (Å²) in [5.41, 5.74) is 1.84. The molecule has 3 aromatic rings. The number of methoxy groups -OCH3 is 1. The molecule has 0 fully saturated rings. The SMILES string of the molecule is CCOc1ccc(Nc2oc(/C=C/c3ccccc3OC)nc2C#N)cc1. The highest BCUT2D eigenvalue weighted by Gasteiger charge is 2.12. The fraction of sp³-hybridized carbons (Fsp3) is 0.143. The van der Waals surface area contributed by atoms with Gasteiger partial charge in [-0.15, -0.1) is 0 Å². The Hall–Kier alpha value is -3.72. The number of aromatic nitrogens is 1.